The molecule has 34 heavy (non-hydrogen) atoms. The topological polar surface area (TPSA) is 76.7 Å². The van der Waals surface area contributed by atoms with E-state index in [1.165, 1.54) is 6.20 Å². The van der Waals surface area contributed by atoms with Gasteiger partial charge in [0.05, 0.1) is 32.7 Å². The summed E-state index contributed by atoms with van der Waals surface area (Å²) in [5.41, 5.74) is 1.67. The van der Waals surface area contributed by atoms with Crippen molar-refractivity contribution in [1.82, 2.24) is 24.7 Å². The number of phenolic OH excluding ortho intramolecular Hbond substituents is 1. The van der Waals surface area contributed by atoms with Crippen LogP contribution in [0.25, 0.3) is 22.5 Å². The molecule has 1 N–H and O–H groups in total. The minimum absolute atomic E-state index is 0.0216. The molecule has 2 radical (unpaired) electrons. The second-order valence-electron chi connectivity index (χ2n) is 10.0. The third-order valence-corrected chi connectivity index (χ3v) is 7.90. The molecule has 6 nitrogen and oxygen atoms in total. The SMILES string of the molecule is [B][C@@]12CC[C@@](C)(C[C@@H](C(=C)c3ncc(-c4ccc(-n5ccnc5)cc4O)nn3)[C@@H]1F)[C@H](CF)C2. The molecule has 2 aromatic heterocycles. The third-order valence-electron chi connectivity index (χ3n) is 7.90. The molecule has 3 saturated carbocycles. The van der Waals surface area contributed by atoms with Crippen molar-refractivity contribution in [2.75, 3.05) is 6.67 Å². The van der Waals surface area contributed by atoms with Crippen LogP contribution in [0.3, 0.4) is 0 Å². The predicted octanol–water partition coefficient (Wildman–Crippen LogP) is 4.90. The average Bonchev–Trinajstić information content (AvgIpc) is 3.34. The summed E-state index contributed by atoms with van der Waals surface area (Å²) in [6.45, 7) is 5.62. The van der Waals surface area contributed by atoms with Crippen LogP contribution >= 0.6 is 0 Å². The van der Waals surface area contributed by atoms with Crippen LogP contribution in [0.5, 0.6) is 5.75 Å². The molecule has 3 fully saturated rings. The van der Waals surface area contributed by atoms with Gasteiger partial charge in [-0.3, -0.25) is 4.39 Å². The van der Waals surface area contributed by atoms with E-state index in [9.17, 15) is 9.50 Å². The van der Waals surface area contributed by atoms with E-state index in [1.54, 1.807) is 35.4 Å². The fraction of sp³-hybridized carbons (Fsp3) is 0.440. The van der Waals surface area contributed by atoms with E-state index >= 15 is 4.39 Å². The Morgan fingerprint density at radius 1 is 1.29 bits per heavy atom. The van der Waals surface area contributed by atoms with E-state index in [0.717, 1.165) is 5.69 Å². The summed E-state index contributed by atoms with van der Waals surface area (Å²) in [5, 5.41) is 17.9. The Kier molecular flexibility index (Phi) is 5.53. The maximum Gasteiger partial charge on any atom is 0.177 e. The summed E-state index contributed by atoms with van der Waals surface area (Å²) >= 11 is 0. The van der Waals surface area contributed by atoms with Crippen LogP contribution in [0.2, 0.25) is 5.31 Å². The predicted molar refractivity (Wildman–Crippen MR) is 126 cm³/mol. The number of benzene rings is 1. The lowest BCUT2D eigenvalue weighted by atomic mass is 9.52. The van der Waals surface area contributed by atoms with Gasteiger partial charge in [0.1, 0.15) is 17.6 Å². The minimum Gasteiger partial charge on any atom is -0.507 e. The molecule has 5 atom stereocenters. The van der Waals surface area contributed by atoms with E-state index in [-0.39, 0.29) is 22.9 Å². The zero-order valence-electron chi connectivity index (χ0n) is 19.0. The van der Waals surface area contributed by atoms with Gasteiger partial charge in [0.25, 0.3) is 0 Å². The summed E-state index contributed by atoms with van der Waals surface area (Å²) < 4.78 is 31.3. The smallest absolute Gasteiger partial charge is 0.177 e. The Bertz CT molecular complexity index is 1200. The Balaban J connectivity index is 1.40. The highest BCUT2D eigenvalue weighted by Gasteiger charge is 2.55. The lowest BCUT2D eigenvalue weighted by molar-refractivity contribution is 0.0732. The van der Waals surface area contributed by atoms with Gasteiger partial charge in [-0.05, 0) is 53.6 Å². The van der Waals surface area contributed by atoms with Gasteiger partial charge in [-0.1, -0.05) is 19.9 Å². The molecule has 174 valence electrons. The van der Waals surface area contributed by atoms with Crippen molar-refractivity contribution in [3.63, 3.8) is 0 Å². The second-order valence-corrected chi connectivity index (χ2v) is 10.0. The summed E-state index contributed by atoms with van der Waals surface area (Å²) in [6.07, 6.45) is 7.18. The molecule has 3 aliphatic rings. The molecule has 0 aliphatic heterocycles. The Morgan fingerprint density at radius 3 is 2.76 bits per heavy atom. The summed E-state index contributed by atoms with van der Waals surface area (Å²) in [5.74, 6) is -0.619. The number of halogens is 2. The molecule has 2 bridgehead atoms. The largest absolute Gasteiger partial charge is 0.507 e. The van der Waals surface area contributed by atoms with Crippen molar-refractivity contribution in [2.45, 2.75) is 44.1 Å². The second kappa shape index (κ2) is 8.29. The van der Waals surface area contributed by atoms with Crippen molar-refractivity contribution in [3.05, 3.63) is 55.5 Å². The van der Waals surface area contributed by atoms with Crippen molar-refractivity contribution < 1.29 is 13.9 Å². The molecular formula is C25H26BF2N5O. The molecule has 0 saturated heterocycles. The lowest BCUT2D eigenvalue weighted by Gasteiger charge is -2.45. The zero-order valence-corrected chi connectivity index (χ0v) is 19.0. The summed E-state index contributed by atoms with van der Waals surface area (Å²) in [6, 6.07) is 5.15. The van der Waals surface area contributed by atoms with Crippen LogP contribution in [-0.4, -0.2) is 50.5 Å². The van der Waals surface area contributed by atoms with Gasteiger partial charge in [0, 0.05) is 29.9 Å². The number of fused-ring (bicyclic) bond motifs is 4. The molecule has 2 heterocycles. The molecule has 1 aromatic carbocycles. The lowest BCUT2D eigenvalue weighted by Crippen LogP contribution is -2.37. The number of alkyl halides is 2. The van der Waals surface area contributed by atoms with Crippen LogP contribution in [0.15, 0.2) is 49.7 Å². The fourth-order valence-corrected chi connectivity index (χ4v) is 5.62. The number of hydrogen-bond donors (Lipinski definition) is 1. The van der Waals surface area contributed by atoms with Gasteiger partial charge >= 0.3 is 0 Å². The van der Waals surface area contributed by atoms with E-state index < -0.39 is 24.1 Å². The zero-order chi connectivity index (χ0) is 24.1. The highest BCUT2D eigenvalue weighted by atomic mass is 19.1. The van der Waals surface area contributed by atoms with Gasteiger partial charge in [0.15, 0.2) is 5.82 Å². The number of nitrogens with zero attached hydrogens (tertiary/aromatic N) is 5. The maximum atomic E-state index is 15.7. The standard InChI is InChI=1S/C25H26BF2N5O/c1-15(19-11-24(2)5-6-25(26,22(19)28)10-16(24)12-27)23-30-13-20(31-32-23)18-4-3-17(9-21(18)34)33-8-7-29-14-33/h3-4,7-9,13-14,16,19,22,34H,1,5-6,10-12H2,2H3/t16-,19-,22-,24-,25+/m0/s1. The summed E-state index contributed by atoms with van der Waals surface area (Å²) in [7, 11) is 6.46. The van der Waals surface area contributed by atoms with Crippen LogP contribution in [0.1, 0.15) is 38.4 Å². The first kappa shape index (κ1) is 22.7. The number of allylic oxidation sites excluding steroid dienone is 1. The van der Waals surface area contributed by atoms with Gasteiger partial charge < -0.3 is 9.67 Å². The number of hydrogen-bond acceptors (Lipinski definition) is 5. The van der Waals surface area contributed by atoms with Gasteiger partial charge in [-0.15, -0.1) is 10.2 Å². The number of aromatic hydroxyl groups is 1. The first-order valence-corrected chi connectivity index (χ1v) is 11.4. The van der Waals surface area contributed by atoms with Gasteiger partial charge in [-0.25, -0.2) is 14.4 Å². The molecule has 0 amide bonds. The third kappa shape index (κ3) is 3.71. The van der Waals surface area contributed by atoms with Crippen LogP contribution in [-0.2, 0) is 0 Å². The molecule has 0 spiro atoms. The molecule has 0 unspecified atom stereocenters. The van der Waals surface area contributed by atoms with E-state index in [4.69, 9.17) is 7.85 Å². The van der Waals surface area contributed by atoms with Crippen LogP contribution < -0.4 is 0 Å². The Labute approximate surface area is 198 Å². The number of rotatable bonds is 5. The molecule has 9 heteroatoms. The van der Waals surface area contributed by atoms with Crippen LogP contribution in [0.4, 0.5) is 8.78 Å². The molecule has 3 aliphatic carbocycles. The first-order valence-electron chi connectivity index (χ1n) is 11.4. The van der Waals surface area contributed by atoms with Crippen molar-refractivity contribution in [3.8, 4) is 22.7 Å². The van der Waals surface area contributed by atoms with Crippen molar-refractivity contribution >= 4 is 13.4 Å². The maximum absolute atomic E-state index is 15.7. The normalized spacial score (nSPS) is 30.7. The average molecular weight is 461 g/mol. The monoisotopic (exact) mass is 461 g/mol. The summed E-state index contributed by atoms with van der Waals surface area (Å²) in [4.78, 5) is 8.39. The molecular weight excluding hydrogens is 435 g/mol. The first-order chi connectivity index (χ1) is 16.2. The van der Waals surface area contributed by atoms with E-state index in [2.05, 4.69) is 26.7 Å². The Morgan fingerprint density at radius 2 is 2.12 bits per heavy atom. The van der Waals surface area contributed by atoms with Crippen LogP contribution in [0, 0.1) is 17.3 Å². The highest BCUT2D eigenvalue weighted by molar-refractivity contribution is 6.16. The Hall–Kier alpha value is -3.10. The van der Waals surface area contributed by atoms with Gasteiger partial charge in [-0.2, -0.15) is 0 Å². The molecule has 6 rings (SSSR count). The van der Waals surface area contributed by atoms with E-state index in [1.807, 2.05) is 13.0 Å². The highest BCUT2D eigenvalue weighted by Crippen LogP contribution is 2.63. The quantitative estimate of drug-likeness (QED) is 0.547. The molecule has 3 aromatic rings. The van der Waals surface area contributed by atoms with Crippen molar-refractivity contribution in [1.29, 1.82) is 0 Å². The number of phenols is 1. The number of aromatic nitrogens is 5. The fourth-order valence-electron chi connectivity index (χ4n) is 5.62. The van der Waals surface area contributed by atoms with Gasteiger partial charge in [0.2, 0.25) is 0 Å². The minimum atomic E-state index is -1.36. The van der Waals surface area contributed by atoms with E-state index in [0.29, 0.717) is 42.5 Å². The van der Waals surface area contributed by atoms with Crippen molar-refractivity contribution in [2.24, 2.45) is 17.3 Å². The number of imidazole rings is 1.